The number of amides is 1. The predicted octanol–water partition coefficient (Wildman–Crippen LogP) is 0.853. The van der Waals surface area contributed by atoms with Gasteiger partial charge in [0.2, 0.25) is 10.0 Å². The number of hydrogen-bond acceptors (Lipinski definition) is 4. The van der Waals surface area contributed by atoms with E-state index in [1.165, 1.54) is 38.1 Å². The Bertz CT molecular complexity index is 560. The van der Waals surface area contributed by atoms with Gasteiger partial charge < -0.3 is 5.11 Å². The molecule has 0 aromatic heterocycles. The topological polar surface area (TPSA) is 101 Å². The summed E-state index contributed by atoms with van der Waals surface area (Å²) in [5, 5.41) is 7.95. The molecule has 0 aliphatic rings. The Kier molecular flexibility index (Phi) is 4.07. The highest BCUT2D eigenvalue weighted by Gasteiger charge is 2.19. The number of sulfonamides is 1. The molecule has 0 radical (unpaired) electrons. The van der Waals surface area contributed by atoms with E-state index in [4.69, 9.17) is 5.11 Å². The minimum absolute atomic E-state index is 0.0262. The highest BCUT2D eigenvalue weighted by molar-refractivity contribution is 7.90. The standard InChI is InChI=1S/C11H13NO5S/c1-7(2)18(16,17)12-10(13)8-3-5-9(6-4-8)11(14)15/h3-7H,1-2H3,(H,12,13)(H,14,15). The van der Waals surface area contributed by atoms with Gasteiger partial charge in [0.1, 0.15) is 0 Å². The first-order valence-electron chi connectivity index (χ1n) is 5.13. The fourth-order valence-corrected chi connectivity index (χ4v) is 1.68. The molecule has 7 heteroatoms. The summed E-state index contributed by atoms with van der Waals surface area (Å²) in [6, 6.07) is 4.99. The lowest BCUT2D eigenvalue weighted by atomic mass is 10.1. The molecule has 2 N–H and O–H groups in total. The lowest BCUT2D eigenvalue weighted by molar-refractivity contribution is 0.0696. The van der Waals surface area contributed by atoms with Crippen molar-refractivity contribution in [2.24, 2.45) is 0 Å². The van der Waals surface area contributed by atoms with E-state index in [-0.39, 0.29) is 11.1 Å². The minimum Gasteiger partial charge on any atom is -0.478 e. The van der Waals surface area contributed by atoms with Crippen LogP contribution < -0.4 is 4.72 Å². The summed E-state index contributed by atoms with van der Waals surface area (Å²) in [7, 11) is -3.69. The molecule has 1 aromatic rings. The average Bonchev–Trinajstić information content (AvgIpc) is 2.28. The minimum atomic E-state index is -3.69. The molecule has 0 unspecified atom stereocenters. The zero-order chi connectivity index (χ0) is 13.9. The molecule has 0 aliphatic carbocycles. The highest BCUT2D eigenvalue weighted by atomic mass is 32.2. The van der Waals surface area contributed by atoms with Gasteiger partial charge in [0, 0.05) is 5.56 Å². The van der Waals surface area contributed by atoms with Crippen molar-refractivity contribution < 1.29 is 23.1 Å². The van der Waals surface area contributed by atoms with Crippen molar-refractivity contribution in [3.63, 3.8) is 0 Å². The first kappa shape index (κ1) is 14.2. The lowest BCUT2D eigenvalue weighted by Gasteiger charge is -2.09. The third kappa shape index (κ3) is 3.30. The smallest absolute Gasteiger partial charge is 0.335 e. The van der Waals surface area contributed by atoms with E-state index in [1.807, 2.05) is 4.72 Å². The van der Waals surface area contributed by atoms with Crippen LogP contribution in [0.4, 0.5) is 0 Å². The fourth-order valence-electron chi connectivity index (χ4n) is 1.07. The van der Waals surface area contributed by atoms with Crippen LogP contribution in [0.1, 0.15) is 34.6 Å². The fraction of sp³-hybridized carbons (Fsp3) is 0.273. The maximum atomic E-state index is 11.6. The molecular weight excluding hydrogens is 258 g/mol. The molecule has 1 amide bonds. The van der Waals surface area contributed by atoms with Crippen LogP contribution in [0.5, 0.6) is 0 Å². The molecule has 0 aliphatic heterocycles. The SMILES string of the molecule is CC(C)S(=O)(=O)NC(=O)c1ccc(C(=O)O)cc1. The number of nitrogens with one attached hydrogen (secondary N) is 1. The van der Waals surface area contributed by atoms with Crippen LogP contribution in [-0.4, -0.2) is 30.7 Å². The average molecular weight is 271 g/mol. The van der Waals surface area contributed by atoms with E-state index in [9.17, 15) is 18.0 Å². The van der Waals surface area contributed by atoms with E-state index >= 15 is 0 Å². The number of benzene rings is 1. The molecule has 0 fully saturated rings. The van der Waals surface area contributed by atoms with Gasteiger partial charge in [-0.1, -0.05) is 0 Å². The van der Waals surface area contributed by atoms with Crippen molar-refractivity contribution in [3.05, 3.63) is 35.4 Å². The summed E-state index contributed by atoms with van der Waals surface area (Å²) >= 11 is 0. The molecule has 0 saturated carbocycles. The Hall–Kier alpha value is -1.89. The third-order valence-corrected chi connectivity index (χ3v) is 3.96. The second-order valence-electron chi connectivity index (χ2n) is 3.91. The Balaban J connectivity index is 2.89. The zero-order valence-corrected chi connectivity index (χ0v) is 10.7. The molecule has 0 spiro atoms. The van der Waals surface area contributed by atoms with Crippen LogP contribution in [0.2, 0.25) is 0 Å². The van der Waals surface area contributed by atoms with Crippen molar-refractivity contribution >= 4 is 21.9 Å². The zero-order valence-electron chi connectivity index (χ0n) is 9.88. The summed E-state index contributed by atoms with van der Waals surface area (Å²) in [6.45, 7) is 2.90. The summed E-state index contributed by atoms with van der Waals surface area (Å²) in [5.74, 6) is -1.89. The van der Waals surface area contributed by atoms with Gasteiger partial charge >= 0.3 is 5.97 Å². The van der Waals surface area contributed by atoms with Gasteiger partial charge in [-0.15, -0.1) is 0 Å². The Labute approximate surface area is 105 Å². The molecule has 6 nitrogen and oxygen atoms in total. The lowest BCUT2D eigenvalue weighted by Crippen LogP contribution is -2.35. The number of hydrogen-bond donors (Lipinski definition) is 2. The number of aromatic carboxylic acids is 1. The number of carbonyl (C=O) groups excluding carboxylic acids is 1. The number of carboxylic acids is 1. The van der Waals surface area contributed by atoms with Gasteiger partial charge in [0.15, 0.2) is 0 Å². The van der Waals surface area contributed by atoms with E-state index in [0.29, 0.717) is 0 Å². The van der Waals surface area contributed by atoms with Crippen LogP contribution in [0.3, 0.4) is 0 Å². The molecule has 18 heavy (non-hydrogen) atoms. The van der Waals surface area contributed by atoms with E-state index in [0.717, 1.165) is 0 Å². The van der Waals surface area contributed by atoms with Gasteiger partial charge in [-0.3, -0.25) is 4.79 Å². The van der Waals surface area contributed by atoms with Crippen molar-refractivity contribution in [3.8, 4) is 0 Å². The second kappa shape index (κ2) is 5.18. The predicted molar refractivity (Wildman–Crippen MR) is 64.9 cm³/mol. The van der Waals surface area contributed by atoms with Crippen molar-refractivity contribution in [1.82, 2.24) is 4.72 Å². The Morgan fingerprint density at radius 2 is 1.56 bits per heavy atom. The Morgan fingerprint density at radius 3 is 1.94 bits per heavy atom. The van der Waals surface area contributed by atoms with Crippen LogP contribution in [0.25, 0.3) is 0 Å². The van der Waals surface area contributed by atoms with Crippen molar-refractivity contribution in [1.29, 1.82) is 0 Å². The molecule has 1 rings (SSSR count). The normalized spacial score (nSPS) is 11.3. The van der Waals surface area contributed by atoms with E-state index in [2.05, 4.69) is 0 Å². The molecule has 0 bridgehead atoms. The Morgan fingerprint density at radius 1 is 1.11 bits per heavy atom. The largest absolute Gasteiger partial charge is 0.478 e. The van der Waals surface area contributed by atoms with Crippen LogP contribution in [0.15, 0.2) is 24.3 Å². The molecule has 1 aromatic carbocycles. The summed E-state index contributed by atoms with van der Waals surface area (Å²) in [5.41, 5.74) is 0.113. The molecule has 0 atom stereocenters. The van der Waals surface area contributed by atoms with Crippen LogP contribution in [-0.2, 0) is 10.0 Å². The van der Waals surface area contributed by atoms with Gasteiger partial charge in [-0.25, -0.2) is 17.9 Å². The number of rotatable bonds is 4. The van der Waals surface area contributed by atoms with Gasteiger partial charge in [-0.05, 0) is 38.1 Å². The maximum absolute atomic E-state index is 11.6. The van der Waals surface area contributed by atoms with Crippen molar-refractivity contribution in [2.75, 3.05) is 0 Å². The van der Waals surface area contributed by atoms with Gasteiger partial charge in [0.25, 0.3) is 5.91 Å². The first-order chi connectivity index (χ1) is 8.24. The molecule has 0 saturated heterocycles. The monoisotopic (exact) mass is 271 g/mol. The van der Waals surface area contributed by atoms with Crippen LogP contribution >= 0.6 is 0 Å². The van der Waals surface area contributed by atoms with Gasteiger partial charge in [-0.2, -0.15) is 0 Å². The number of carboxylic acid groups (broad SMARTS) is 1. The van der Waals surface area contributed by atoms with E-state index in [1.54, 1.807) is 0 Å². The third-order valence-electron chi connectivity index (χ3n) is 2.25. The summed E-state index contributed by atoms with van der Waals surface area (Å²) in [4.78, 5) is 22.2. The highest BCUT2D eigenvalue weighted by Crippen LogP contribution is 2.06. The quantitative estimate of drug-likeness (QED) is 0.845. The summed E-state index contributed by atoms with van der Waals surface area (Å²) in [6.07, 6.45) is 0. The van der Waals surface area contributed by atoms with Crippen LogP contribution in [0, 0.1) is 0 Å². The van der Waals surface area contributed by atoms with E-state index < -0.39 is 27.1 Å². The maximum Gasteiger partial charge on any atom is 0.335 e. The number of carbonyl (C=O) groups is 2. The van der Waals surface area contributed by atoms with Crippen molar-refractivity contribution in [2.45, 2.75) is 19.1 Å². The molecular formula is C11H13NO5S. The van der Waals surface area contributed by atoms with Gasteiger partial charge in [0.05, 0.1) is 10.8 Å². The first-order valence-corrected chi connectivity index (χ1v) is 6.68. The second-order valence-corrected chi connectivity index (χ2v) is 6.14. The summed E-state index contributed by atoms with van der Waals surface area (Å²) < 4.78 is 24.8. The molecule has 0 heterocycles. The molecule has 98 valence electrons.